The topological polar surface area (TPSA) is 60.2 Å². The highest BCUT2D eigenvalue weighted by atomic mass is 32.2. The zero-order valence-corrected chi connectivity index (χ0v) is 13.8. The second-order valence-electron chi connectivity index (χ2n) is 5.46. The smallest absolute Gasteiger partial charge is 0.218 e. The maximum atomic E-state index is 12.5. The maximum Gasteiger partial charge on any atom is 0.218 e. The maximum absolute atomic E-state index is 12.5. The molecule has 0 aliphatic heterocycles. The van der Waals surface area contributed by atoms with Crippen LogP contribution in [0.15, 0.2) is 60.7 Å². The molecular weight excluding hydrogens is 306 g/mol. The Balaban J connectivity index is 2.04. The number of carbonyl (C=O) groups is 2. The molecule has 1 amide bonds. The van der Waals surface area contributed by atoms with Crippen molar-refractivity contribution in [3.8, 4) is 0 Å². The van der Waals surface area contributed by atoms with Crippen LogP contribution in [0.1, 0.15) is 17.5 Å². The van der Waals surface area contributed by atoms with E-state index in [1.165, 1.54) is 11.8 Å². The summed E-state index contributed by atoms with van der Waals surface area (Å²) in [6, 6.07) is 20.0. The van der Waals surface area contributed by atoms with Crippen molar-refractivity contribution in [2.45, 2.75) is 19.3 Å². The molecule has 0 radical (unpaired) electrons. The number of primary amides is 1. The Hall–Kier alpha value is -2.07. The molecule has 2 N–H and O–H groups in total. The molecule has 120 valence electrons. The van der Waals surface area contributed by atoms with E-state index >= 15 is 0 Å². The summed E-state index contributed by atoms with van der Waals surface area (Å²) in [6.45, 7) is 0. The van der Waals surface area contributed by atoms with Gasteiger partial charge in [-0.3, -0.25) is 9.59 Å². The van der Waals surface area contributed by atoms with Gasteiger partial charge in [0.15, 0.2) is 5.12 Å². The van der Waals surface area contributed by atoms with E-state index in [4.69, 9.17) is 5.73 Å². The fourth-order valence-electron chi connectivity index (χ4n) is 2.41. The summed E-state index contributed by atoms with van der Waals surface area (Å²) in [6.07, 6.45) is 1.65. The lowest BCUT2D eigenvalue weighted by molar-refractivity contribution is -0.117. The summed E-state index contributed by atoms with van der Waals surface area (Å²) in [5.41, 5.74) is 7.44. The van der Waals surface area contributed by atoms with Crippen molar-refractivity contribution >= 4 is 22.8 Å². The van der Waals surface area contributed by atoms with Gasteiger partial charge in [0.25, 0.3) is 0 Å². The molecule has 0 fully saturated rings. The predicted octanol–water partition coefficient (Wildman–Crippen LogP) is 3.22. The molecule has 0 bridgehead atoms. The van der Waals surface area contributed by atoms with E-state index in [2.05, 4.69) is 0 Å². The zero-order valence-electron chi connectivity index (χ0n) is 13.0. The third-order valence-corrected chi connectivity index (χ3v) is 4.60. The molecule has 0 saturated carbocycles. The van der Waals surface area contributed by atoms with Crippen molar-refractivity contribution in [1.82, 2.24) is 0 Å². The number of rotatable bonds is 8. The van der Waals surface area contributed by atoms with E-state index < -0.39 is 0 Å². The summed E-state index contributed by atoms with van der Waals surface area (Å²) in [7, 11) is 0. The average molecular weight is 327 g/mol. The van der Waals surface area contributed by atoms with Crippen LogP contribution in [0.3, 0.4) is 0 Å². The molecule has 3 nitrogen and oxygen atoms in total. The molecule has 23 heavy (non-hydrogen) atoms. The van der Waals surface area contributed by atoms with Crippen LogP contribution >= 0.6 is 11.8 Å². The molecule has 0 saturated heterocycles. The highest BCUT2D eigenvalue weighted by Gasteiger charge is 2.20. The number of amides is 1. The molecule has 0 aliphatic carbocycles. The van der Waals surface area contributed by atoms with E-state index in [0.29, 0.717) is 18.6 Å². The van der Waals surface area contributed by atoms with Gasteiger partial charge in [-0.15, -0.1) is 0 Å². The monoisotopic (exact) mass is 327 g/mol. The van der Waals surface area contributed by atoms with Crippen molar-refractivity contribution in [1.29, 1.82) is 0 Å². The number of thioether (sulfide) groups is 1. The molecule has 0 atom stereocenters. The number of benzene rings is 2. The lowest BCUT2D eigenvalue weighted by Gasteiger charge is -2.15. The second kappa shape index (κ2) is 9.16. The fourth-order valence-corrected chi connectivity index (χ4v) is 3.31. The van der Waals surface area contributed by atoms with Gasteiger partial charge in [-0.1, -0.05) is 72.4 Å². The molecule has 2 aromatic rings. The first-order chi connectivity index (χ1) is 11.1. The number of carbonyl (C=O) groups excluding carboxylic acids is 2. The van der Waals surface area contributed by atoms with Gasteiger partial charge in [0.1, 0.15) is 0 Å². The van der Waals surface area contributed by atoms with E-state index in [9.17, 15) is 9.59 Å². The van der Waals surface area contributed by atoms with Crippen LogP contribution in [0.5, 0.6) is 0 Å². The predicted molar refractivity (Wildman–Crippen MR) is 95.1 cm³/mol. The number of nitrogens with two attached hydrogens (primary N) is 1. The van der Waals surface area contributed by atoms with Crippen LogP contribution in [0, 0.1) is 5.92 Å². The minimum Gasteiger partial charge on any atom is -0.370 e. The molecule has 4 heteroatoms. The van der Waals surface area contributed by atoms with Gasteiger partial charge in [-0.2, -0.15) is 0 Å². The number of hydrogen-bond acceptors (Lipinski definition) is 3. The minimum absolute atomic E-state index is 0.0994. The van der Waals surface area contributed by atoms with Gasteiger partial charge < -0.3 is 5.73 Å². The molecule has 2 aromatic carbocycles. The third-order valence-electron chi connectivity index (χ3n) is 3.58. The Bertz CT molecular complexity index is 587. The highest BCUT2D eigenvalue weighted by Crippen LogP contribution is 2.21. The molecule has 2 rings (SSSR count). The SMILES string of the molecule is NC(=O)CCSC(=O)C(Cc1ccccc1)Cc1ccccc1. The summed E-state index contributed by atoms with van der Waals surface area (Å²) in [5, 5.41) is 0.124. The second-order valence-corrected chi connectivity index (χ2v) is 6.56. The Morgan fingerprint density at radius 2 is 1.35 bits per heavy atom. The molecular formula is C19H21NO2S. The quantitative estimate of drug-likeness (QED) is 0.810. The van der Waals surface area contributed by atoms with Gasteiger partial charge in [0.2, 0.25) is 5.91 Å². The first-order valence-corrected chi connectivity index (χ1v) is 8.66. The lowest BCUT2D eigenvalue weighted by Crippen LogP contribution is -2.19. The third kappa shape index (κ3) is 6.28. The lowest BCUT2D eigenvalue weighted by atomic mass is 9.93. The van der Waals surface area contributed by atoms with E-state index in [1.54, 1.807) is 0 Å². The summed E-state index contributed by atoms with van der Waals surface area (Å²) >= 11 is 1.21. The van der Waals surface area contributed by atoms with Crippen LogP contribution in [0.4, 0.5) is 0 Å². The van der Waals surface area contributed by atoms with Gasteiger partial charge in [0.05, 0.1) is 0 Å². The van der Waals surface area contributed by atoms with Crippen LogP contribution in [-0.4, -0.2) is 16.8 Å². The van der Waals surface area contributed by atoms with E-state index in [1.807, 2.05) is 60.7 Å². The summed E-state index contributed by atoms with van der Waals surface area (Å²) < 4.78 is 0. The van der Waals surface area contributed by atoms with Crippen molar-refractivity contribution in [3.63, 3.8) is 0 Å². The highest BCUT2D eigenvalue weighted by molar-refractivity contribution is 8.13. The largest absolute Gasteiger partial charge is 0.370 e. The van der Waals surface area contributed by atoms with E-state index in [0.717, 1.165) is 11.1 Å². The van der Waals surface area contributed by atoms with Crippen LogP contribution in [-0.2, 0) is 22.4 Å². The van der Waals surface area contributed by atoms with E-state index in [-0.39, 0.29) is 23.4 Å². The van der Waals surface area contributed by atoms with Gasteiger partial charge in [-0.05, 0) is 24.0 Å². The molecule has 0 unspecified atom stereocenters. The van der Waals surface area contributed by atoms with Crippen molar-refractivity contribution in [2.75, 3.05) is 5.75 Å². The Morgan fingerprint density at radius 1 is 0.870 bits per heavy atom. The first-order valence-electron chi connectivity index (χ1n) is 7.68. The Morgan fingerprint density at radius 3 is 1.78 bits per heavy atom. The van der Waals surface area contributed by atoms with Gasteiger partial charge in [-0.25, -0.2) is 0 Å². The first kappa shape index (κ1) is 17.3. The van der Waals surface area contributed by atoms with Crippen molar-refractivity contribution < 1.29 is 9.59 Å². The van der Waals surface area contributed by atoms with Gasteiger partial charge in [0, 0.05) is 18.1 Å². The van der Waals surface area contributed by atoms with Crippen molar-refractivity contribution in [2.24, 2.45) is 11.7 Å². The molecule has 0 heterocycles. The summed E-state index contributed by atoms with van der Waals surface area (Å²) in [4.78, 5) is 23.4. The Kier molecular flexibility index (Phi) is 6.88. The van der Waals surface area contributed by atoms with Crippen molar-refractivity contribution in [3.05, 3.63) is 71.8 Å². The molecule has 0 aromatic heterocycles. The summed E-state index contributed by atoms with van der Waals surface area (Å²) in [5.74, 6) is -0.0144. The number of hydrogen-bond donors (Lipinski definition) is 1. The zero-order chi connectivity index (χ0) is 16.5. The minimum atomic E-state index is -0.368. The van der Waals surface area contributed by atoms with Gasteiger partial charge >= 0.3 is 0 Å². The van der Waals surface area contributed by atoms with Crippen LogP contribution in [0.2, 0.25) is 0 Å². The fraction of sp³-hybridized carbons (Fsp3) is 0.263. The standard InChI is InChI=1S/C19H21NO2S/c20-18(21)11-12-23-19(22)17(13-15-7-3-1-4-8-15)14-16-9-5-2-6-10-16/h1-10,17H,11-14H2,(H2,20,21). The molecule has 0 spiro atoms. The molecule has 0 aliphatic rings. The Labute approximate surface area is 141 Å². The van der Waals surface area contributed by atoms with Crippen LogP contribution in [0.25, 0.3) is 0 Å². The van der Waals surface area contributed by atoms with Crippen LogP contribution < -0.4 is 5.73 Å². The average Bonchev–Trinajstić information content (AvgIpc) is 2.56. The normalized spacial score (nSPS) is 10.7.